The molecule has 0 aliphatic heterocycles. The zero-order valence-corrected chi connectivity index (χ0v) is 13.5. The monoisotopic (exact) mass is 314 g/mol. The number of hydrogen-bond acceptors (Lipinski definition) is 2. The fourth-order valence-electron chi connectivity index (χ4n) is 3.63. The summed E-state index contributed by atoms with van der Waals surface area (Å²) in [4.78, 5) is 12.1. The molecule has 1 fully saturated rings. The minimum atomic E-state index is -0.0995. The topological polar surface area (TPSA) is 61.4 Å². The summed E-state index contributed by atoms with van der Waals surface area (Å²) in [7, 11) is 0. The highest BCUT2D eigenvalue weighted by Crippen LogP contribution is 2.43. The Balaban J connectivity index is 1.46. The first-order valence-electron chi connectivity index (χ1n) is 8.57. The second kappa shape index (κ2) is 7.18. The van der Waals surface area contributed by atoms with E-state index in [4.69, 9.17) is 5.11 Å². The molecule has 2 amide bonds. The normalized spacial score (nSPS) is 24.9. The van der Waals surface area contributed by atoms with Gasteiger partial charge in [-0.1, -0.05) is 48.9 Å². The van der Waals surface area contributed by atoms with E-state index in [1.165, 1.54) is 24.8 Å². The Morgan fingerprint density at radius 2 is 2.00 bits per heavy atom. The molecule has 2 atom stereocenters. The van der Waals surface area contributed by atoms with Crippen molar-refractivity contribution in [3.05, 3.63) is 48.0 Å². The third-order valence-electron chi connectivity index (χ3n) is 5.18. The lowest BCUT2D eigenvalue weighted by Gasteiger charge is -2.42. The summed E-state index contributed by atoms with van der Waals surface area (Å²) in [5, 5.41) is 15.2. The van der Waals surface area contributed by atoms with Crippen LogP contribution in [0.5, 0.6) is 0 Å². The smallest absolute Gasteiger partial charge is 0.315 e. The van der Waals surface area contributed by atoms with E-state index in [1.54, 1.807) is 0 Å². The fraction of sp³-hybridized carbons (Fsp3) is 0.526. The van der Waals surface area contributed by atoms with Gasteiger partial charge < -0.3 is 15.7 Å². The van der Waals surface area contributed by atoms with Crippen LogP contribution < -0.4 is 10.6 Å². The minimum absolute atomic E-state index is 0.0404. The van der Waals surface area contributed by atoms with Gasteiger partial charge in [-0.15, -0.1) is 0 Å². The lowest BCUT2D eigenvalue weighted by atomic mass is 9.65. The van der Waals surface area contributed by atoms with Crippen LogP contribution in [0.1, 0.15) is 31.2 Å². The van der Waals surface area contributed by atoms with E-state index in [0.29, 0.717) is 0 Å². The Bertz CT molecular complexity index is 552. The van der Waals surface area contributed by atoms with Crippen LogP contribution in [-0.4, -0.2) is 30.3 Å². The Labute approximate surface area is 138 Å². The number of nitrogens with one attached hydrogen (secondary N) is 2. The number of carbonyl (C=O) groups is 1. The number of aliphatic hydroxyl groups is 1. The number of amides is 2. The lowest BCUT2D eigenvalue weighted by molar-refractivity contribution is 0.131. The molecular formula is C19H26N2O2. The van der Waals surface area contributed by atoms with Crippen molar-refractivity contribution in [2.45, 2.75) is 38.1 Å². The van der Waals surface area contributed by atoms with Crippen LogP contribution in [0.3, 0.4) is 0 Å². The number of urea groups is 1. The Morgan fingerprint density at radius 1 is 1.22 bits per heavy atom. The van der Waals surface area contributed by atoms with Crippen molar-refractivity contribution in [3.63, 3.8) is 0 Å². The maximum Gasteiger partial charge on any atom is 0.315 e. The molecular weight excluding hydrogens is 288 g/mol. The van der Waals surface area contributed by atoms with Gasteiger partial charge >= 0.3 is 6.03 Å². The van der Waals surface area contributed by atoms with Crippen molar-refractivity contribution in [3.8, 4) is 0 Å². The van der Waals surface area contributed by atoms with Crippen molar-refractivity contribution in [2.75, 3.05) is 13.2 Å². The average Bonchev–Trinajstić information content (AvgIpc) is 2.98. The van der Waals surface area contributed by atoms with Crippen molar-refractivity contribution < 1.29 is 9.90 Å². The van der Waals surface area contributed by atoms with E-state index in [1.807, 2.05) is 18.2 Å². The summed E-state index contributed by atoms with van der Waals surface area (Å²) in [6.07, 6.45) is 9.39. The Kier molecular flexibility index (Phi) is 5.01. The van der Waals surface area contributed by atoms with Gasteiger partial charge in [-0.25, -0.2) is 4.79 Å². The summed E-state index contributed by atoms with van der Waals surface area (Å²) >= 11 is 0. The number of benzene rings is 1. The summed E-state index contributed by atoms with van der Waals surface area (Å²) in [5.41, 5.74) is 1.57. The molecule has 3 N–H and O–H groups in total. The predicted octanol–water partition coefficient (Wildman–Crippen LogP) is 2.64. The largest absolute Gasteiger partial charge is 0.396 e. The SMILES string of the molecule is O=C(NCC1(Cc2ccccc2)CCC1)N[C@@H]1C=C[C@H](CO)C1. The molecule has 1 saturated carbocycles. The van der Waals surface area contributed by atoms with Gasteiger partial charge in [0.2, 0.25) is 0 Å². The van der Waals surface area contributed by atoms with E-state index in [9.17, 15) is 4.79 Å². The number of hydrogen-bond donors (Lipinski definition) is 3. The molecule has 4 heteroatoms. The standard InChI is InChI=1S/C19H26N2O2/c22-13-16-7-8-17(11-16)21-18(23)20-14-19(9-4-10-19)12-15-5-2-1-3-6-15/h1-3,5-8,16-17,22H,4,9-14H2,(H2,20,21,23)/t16-,17+/m0/s1. The molecule has 124 valence electrons. The molecule has 0 unspecified atom stereocenters. The van der Waals surface area contributed by atoms with E-state index in [0.717, 1.165) is 19.4 Å². The second-order valence-electron chi connectivity index (χ2n) is 7.01. The van der Waals surface area contributed by atoms with E-state index >= 15 is 0 Å². The van der Waals surface area contributed by atoms with Crippen LogP contribution in [0.15, 0.2) is 42.5 Å². The third-order valence-corrected chi connectivity index (χ3v) is 5.18. The van der Waals surface area contributed by atoms with Crippen LogP contribution in [-0.2, 0) is 6.42 Å². The predicted molar refractivity (Wildman–Crippen MR) is 91.1 cm³/mol. The molecule has 0 aromatic heterocycles. The van der Waals surface area contributed by atoms with Crippen LogP contribution in [0.4, 0.5) is 4.79 Å². The van der Waals surface area contributed by atoms with Gasteiger partial charge in [0.15, 0.2) is 0 Å². The third kappa shape index (κ3) is 4.14. The van der Waals surface area contributed by atoms with Crippen molar-refractivity contribution in [2.24, 2.45) is 11.3 Å². The zero-order valence-electron chi connectivity index (χ0n) is 13.5. The summed E-state index contributed by atoms with van der Waals surface area (Å²) in [5.74, 6) is 0.177. The van der Waals surface area contributed by atoms with Crippen LogP contribution in [0, 0.1) is 11.3 Å². The molecule has 1 aromatic rings. The highest BCUT2D eigenvalue weighted by molar-refractivity contribution is 5.74. The molecule has 0 saturated heterocycles. The van der Waals surface area contributed by atoms with Crippen molar-refractivity contribution >= 4 is 6.03 Å². The molecule has 3 rings (SSSR count). The average molecular weight is 314 g/mol. The molecule has 4 nitrogen and oxygen atoms in total. The first kappa shape index (κ1) is 16.1. The quantitative estimate of drug-likeness (QED) is 0.707. The van der Waals surface area contributed by atoms with Gasteiger partial charge in [0.25, 0.3) is 0 Å². The van der Waals surface area contributed by atoms with Gasteiger partial charge in [0.1, 0.15) is 0 Å². The van der Waals surface area contributed by atoms with Crippen molar-refractivity contribution in [1.29, 1.82) is 0 Å². The highest BCUT2D eigenvalue weighted by Gasteiger charge is 2.37. The molecule has 0 bridgehead atoms. The molecule has 2 aliphatic rings. The summed E-state index contributed by atoms with van der Waals surface area (Å²) < 4.78 is 0. The van der Waals surface area contributed by atoms with E-state index < -0.39 is 0 Å². The maximum atomic E-state index is 12.1. The lowest BCUT2D eigenvalue weighted by Crippen LogP contribution is -2.48. The number of rotatable bonds is 6. The van der Waals surface area contributed by atoms with Crippen LogP contribution >= 0.6 is 0 Å². The second-order valence-corrected chi connectivity index (χ2v) is 7.01. The fourth-order valence-corrected chi connectivity index (χ4v) is 3.63. The minimum Gasteiger partial charge on any atom is -0.396 e. The van der Waals surface area contributed by atoms with Gasteiger partial charge in [0, 0.05) is 25.1 Å². The van der Waals surface area contributed by atoms with E-state index in [2.05, 4.69) is 34.9 Å². The van der Waals surface area contributed by atoms with Gasteiger partial charge in [0.05, 0.1) is 0 Å². The first-order valence-corrected chi connectivity index (χ1v) is 8.57. The van der Waals surface area contributed by atoms with Gasteiger partial charge in [-0.05, 0) is 36.7 Å². The summed E-state index contributed by atoms with van der Waals surface area (Å²) in [6, 6.07) is 10.5. The van der Waals surface area contributed by atoms with Gasteiger partial charge in [-0.3, -0.25) is 0 Å². The zero-order chi connectivity index (χ0) is 16.1. The molecule has 0 spiro atoms. The van der Waals surface area contributed by atoms with Gasteiger partial charge in [-0.2, -0.15) is 0 Å². The number of aliphatic hydroxyl groups excluding tert-OH is 1. The molecule has 23 heavy (non-hydrogen) atoms. The molecule has 2 aliphatic carbocycles. The Morgan fingerprint density at radius 3 is 2.61 bits per heavy atom. The maximum absolute atomic E-state index is 12.1. The first-order chi connectivity index (χ1) is 11.2. The highest BCUT2D eigenvalue weighted by atomic mass is 16.3. The van der Waals surface area contributed by atoms with Crippen LogP contribution in [0.2, 0.25) is 0 Å². The molecule has 0 radical (unpaired) electrons. The van der Waals surface area contributed by atoms with E-state index in [-0.39, 0.29) is 30.0 Å². The van der Waals surface area contributed by atoms with Crippen LogP contribution in [0.25, 0.3) is 0 Å². The number of carbonyl (C=O) groups excluding carboxylic acids is 1. The molecule has 0 heterocycles. The Hall–Kier alpha value is -1.81. The molecule has 1 aromatic carbocycles. The summed E-state index contributed by atoms with van der Waals surface area (Å²) in [6.45, 7) is 0.879. The van der Waals surface area contributed by atoms with Crippen molar-refractivity contribution in [1.82, 2.24) is 10.6 Å².